The topological polar surface area (TPSA) is 49.8 Å². The zero-order valence-electron chi connectivity index (χ0n) is 9.04. The van der Waals surface area contributed by atoms with Crippen LogP contribution in [0.5, 0.6) is 0 Å². The number of nitrogens with zero attached hydrogens (tertiary/aromatic N) is 2. The van der Waals surface area contributed by atoms with Crippen molar-refractivity contribution in [3.05, 3.63) is 17.8 Å². The molecule has 1 atom stereocenters. The molecule has 0 bridgehead atoms. The maximum atomic E-state index is 3.99. The molecule has 2 N–H and O–H groups in total. The zero-order chi connectivity index (χ0) is 10.4. The summed E-state index contributed by atoms with van der Waals surface area (Å²) in [4.78, 5) is 0. The second-order valence-corrected chi connectivity index (χ2v) is 3.66. The van der Waals surface area contributed by atoms with E-state index in [0.29, 0.717) is 5.92 Å². The fraction of sp³-hybridized carbons (Fsp3) is 0.600. The van der Waals surface area contributed by atoms with Crippen LogP contribution in [0.1, 0.15) is 12.5 Å². The summed E-state index contributed by atoms with van der Waals surface area (Å²) >= 11 is 0. The predicted octanol–water partition coefficient (Wildman–Crippen LogP) is 1.05. The van der Waals surface area contributed by atoms with Crippen LogP contribution in [-0.4, -0.2) is 30.3 Å². The van der Waals surface area contributed by atoms with Gasteiger partial charge in [-0.25, -0.2) is 0 Å². The monoisotopic (exact) mass is 194 g/mol. The summed E-state index contributed by atoms with van der Waals surface area (Å²) in [6.07, 6.45) is 1.75. The van der Waals surface area contributed by atoms with Gasteiger partial charge in [-0.05, 0) is 38.1 Å². The van der Waals surface area contributed by atoms with Crippen molar-refractivity contribution in [2.24, 2.45) is 5.92 Å². The Kier molecular flexibility index (Phi) is 4.32. The van der Waals surface area contributed by atoms with Crippen LogP contribution in [0.15, 0.2) is 12.3 Å². The van der Waals surface area contributed by atoms with Crippen molar-refractivity contribution in [1.82, 2.24) is 15.5 Å². The molecular formula is C10H18N4. The number of aryl methyl sites for hydroxylation is 1. The van der Waals surface area contributed by atoms with Crippen LogP contribution in [0.4, 0.5) is 5.82 Å². The molecule has 0 radical (unpaired) electrons. The van der Waals surface area contributed by atoms with Gasteiger partial charge < -0.3 is 10.6 Å². The van der Waals surface area contributed by atoms with Crippen molar-refractivity contribution >= 4 is 5.82 Å². The molecule has 1 unspecified atom stereocenters. The highest BCUT2D eigenvalue weighted by atomic mass is 15.2. The highest BCUT2D eigenvalue weighted by Crippen LogP contribution is 2.04. The minimum Gasteiger partial charge on any atom is -0.368 e. The predicted molar refractivity (Wildman–Crippen MR) is 58.3 cm³/mol. The molecule has 0 aliphatic rings. The first-order valence-corrected chi connectivity index (χ1v) is 4.90. The van der Waals surface area contributed by atoms with E-state index in [0.717, 1.165) is 24.5 Å². The normalized spacial score (nSPS) is 12.5. The number of aromatic nitrogens is 2. The van der Waals surface area contributed by atoms with Crippen molar-refractivity contribution < 1.29 is 0 Å². The summed E-state index contributed by atoms with van der Waals surface area (Å²) in [5.41, 5.74) is 1.13. The molecule has 1 heterocycles. The molecule has 0 saturated heterocycles. The maximum Gasteiger partial charge on any atom is 0.148 e. The minimum atomic E-state index is 0.585. The summed E-state index contributed by atoms with van der Waals surface area (Å²) in [6.45, 7) is 6.12. The molecule has 0 saturated carbocycles. The molecule has 0 fully saturated rings. The van der Waals surface area contributed by atoms with Gasteiger partial charge in [0.05, 0.1) is 6.20 Å². The third-order valence-electron chi connectivity index (χ3n) is 1.98. The van der Waals surface area contributed by atoms with Gasteiger partial charge in [0.25, 0.3) is 0 Å². The van der Waals surface area contributed by atoms with Gasteiger partial charge in [0.1, 0.15) is 5.82 Å². The summed E-state index contributed by atoms with van der Waals surface area (Å²) in [7, 11) is 1.96. The van der Waals surface area contributed by atoms with Crippen LogP contribution in [0.25, 0.3) is 0 Å². The van der Waals surface area contributed by atoms with E-state index < -0.39 is 0 Å². The van der Waals surface area contributed by atoms with Gasteiger partial charge in [-0.15, -0.1) is 5.10 Å². The van der Waals surface area contributed by atoms with Gasteiger partial charge in [0.2, 0.25) is 0 Å². The van der Waals surface area contributed by atoms with Gasteiger partial charge >= 0.3 is 0 Å². The van der Waals surface area contributed by atoms with E-state index in [1.165, 1.54) is 0 Å². The van der Waals surface area contributed by atoms with E-state index in [4.69, 9.17) is 0 Å². The van der Waals surface area contributed by atoms with Gasteiger partial charge in [0.15, 0.2) is 0 Å². The Hall–Kier alpha value is -1.16. The lowest BCUT2D eigenvalue weighted by Gasteiger charge is -2.11. The second-order valence-electron chi connectivity index (χ2n) is 3.66. The van der Waals surface area contributed by atoms with E-state index in [-0.39, 0.29) is 0 Å². The van der Waals surface area contributed by atoms with Gasteiger partial charge in [-0.2, -0.15) is 5.10 Å². The van der Waals surface area contributed by atoms with E-state index >= 15 is 0 Å². The van der Waals surface area contributed by atoms with E-state index in [2.05, 4.69) is 27.8 Å². The lowest BCUT2D eigenvalue weighted by atomic mass is 10.2. The molecule has 4 nitrogen and oxygen atoms in total. The average molecular weight is 194 g/mol. The fourth-order valence-electron chi connectivity index (χ4n) is 1.25. The Morgan fingerprint density at radius 2 is 2.21 bits per heavy atom. The van der Waals surface area contributed by atoms with E-state index in [1.54, 1.807) is 6.20 Å². The SMILES string of the molecule is CNCC(C)CNc1cc(C)cnn1. The second kappa shape index (κ2) is 5.54. The van der Waals surface area contributed by atoms with Crippen LogP contribution in [-0.2, 0) is 0 Å². The Morgan fingerprint density at radius 3 is 2.86 bits per heavy atom. The van der Waals surface area contributed by atoms with Gasteiger partial charge in [0, 0.05) is 6.54 Å². The first-order chi connectivity index (χ1) is 6.72. The molecule has 78 valence electrons. The fourth-order valence-corrected chi connectivity index (χ4v) is 1.25. The molecule has 14 heavy (non-hydrogen) atoms. The highest BCUT2D eigenvalue weighted by Gasteiger charge is 2.00. The van der Waals surface area contributed by atoms with Crippen LogP contribution in [0.3, 0.4) is 0 Å². The van der Waals surface area contributed by atoms with Crippen LogP contribution in [0, 0.1) is 12.8 Å². The lowest BCUT2D eigenvalue weighted by Crippen LogP contribution is -2.23. The van der Waals surface area contributed by atoms with Crippen molar-refractivity contribution in [2.75, 3.05) is 25.5 Å². The number of rotatable bonds is 5. The quantitative estimate of drug-likeness (QED) is 0.735. The van der Waals surface area contributed by atoms with Crippen molar-refractivity contribution in [2.45, 2.75) is 13.8 Å². The summed E-state index contributed by atoms with van der Waals surface area (Å²) < 4.78 is 0. The Bertz CT molecular complexity index is 275. The molecule has 4 heteroatoms. The maximum absolute atomic E-state index is 3.99. The third-order valence-corrected chi connectivity index (χ3v) is 1.98. The molecule has 1 aromatic heterocycles. The standard InChI is InChI=1S/C10H18N4/c1-8-4-10(14-13-7-8)12-6-9(2)5-11-3/h4,7,9,11H,5-6H2,1-3H3,(H,12,14). The lowest BCUT2D eigenvalue weighted by molar-refractivity contribution is 0.568. The number of hydrogen-bond acceptors (Lipinski definition) is 4. The molecule has 0 spiro atoms. The highest BCUT2D eigenvalue weighted by molar-refractivity contribution is 5.34. The van der Waals surface area contributed by atoms with Crippen molar-refractivity contribution in [1.29, 1.82) is 0 Å². The Morgan fingerprint density at radius 1 is 1.43 bits per heavy atom. The molecule has 0 amide bonds. The van der Waals surface area contributed by atoms with Crippen molar-refractivity contribution in [3.8, 4) is 0 Å². The Labute approximate surface area is 85.1 Å². The molecule has 1 rings (SSSR count). The first-order valence-electron chi connectivity index (χ1n) is 4.90. The van der Waals surface area contributed by atoms with E-state index in [9.17, 15) is 0 Å². The molecule has 1 aromatic rings. The van der Waals surface area contributed by atoms with Crippen LogP contribution in [0.2, 0.25) is 0 Å². The van der Waals surface area contributed by atoms with E-state index in [1.807, 2.05) is 20.0 Å². The van der Waals surface area contributed by atoms with Gasteiger partial charge in [-0.3, -0.25) is 0 Å². The molecule has 0 aliphatic carbocycles. The van der Waals surface area contributed by atoms with Gasteiger partial charge in [-0.1, -0.05) is 6.92 Å². The average Bonchev–Trinajstić information content (AvgIpc) is 2.15. The zero-order valence-corrected chi connectivity index (χ0v) is 9.04. The van der Waals surface area contributed by atoms with Crippen LogP contribution >= 0.6 is 0 Å². The molecule has 0 aliphatic heterocycles. The minimum absolute atomic E-state index is 0.585. The largest absolute Gasteiger partial charge is 0.368 e. The molecule has 0 aromatic carbocycles. The number of anilines is 1. The first kappa shape index (κ1) is 10.9. The molecular weight excluding hydrogens is 176 g/mol. The number of nitrogens with one attached hydrogen (secondary N) is 2. The van der Waals surface area contributed by atoms with Crippen LogP contribution < -0.4 is 10.6 Å². The third kappa shape index (κ3) is 3.70. The summed E-state index contributed by atoms with van der Waals surface area (Å²) in [5.74, 6) is 1.44. The Balaban J connectivity index is 2.37. The van der Waals surface area contributed by atoms with Crippen molar-refractivity contribution in [3.63, 3.8) is 0 Å². The summed E-state index contributed by atoms with van der Waals surface area (Å²) in [6, 6.07) is 2.00. The smallest absolute Gasteiger partial charge is 0.148 e. The number of hydrogen-bond donors (Lipinski definition) is 2. The summed E-state index contributed by atoms with van der Waals surface area (Å²) in [5, 5.41) is 14.3.